The van der Waals surface area contributed by atoms with E-state index >= 15 is 0 Å². The van der Waals surface area contributed by atoms with Crippen LogP contribution in [0.1, 0.15) is 0 Å². The first-order valence-electron chi connectivity index (χ1n) is 16.0. The Labute approximate surface area is 267 Å². The molecule has 0 saturated carbocycles. The topological polar surface area (TPSA) is 0 Å². The zero-order chi connectivity index (χ0) is 30.2. The summed E-state index contributed by atoms with van der Waals surface area (Å²) in [5, 5.41) is 15.8. The smallest absolute Gasteiger partial charge is 0.00130 e. The van der Waals surface area contributed by atoms with E-state index in [0.29, 0.717) is 0 Å². The average Bonchev–Trinajstić information content (AvgIpc) is 3.13. The molecule has 10 aromatic carbocycles. The lowest BCUT2D eigenvalue weighted by molar-refractivity contribution is 1.65. The molecule has 0 fully saturated rings. The van der Waals surface area contributed by atoms with Crippen molar-refractivity contribution in [2.75, 3.05) is 0 Å². The van der Waals surface area contributed by atoms with Crippen LogP contribution in [-0.2, 0) is 0 Å². The second kappa shape index (κ2) is 9.76. The summed E-state index contributed by atoms with van der Waals surface area (Å²) in [7, 11) is 0. The Kier molecular flexibility index (Phi) is 5.38. The molecule has 0 unspecified atom stereocenters. The highest BCUT2D eigenvalue weighted by molar-refractivity contribution is 6.45. The van der Waals surface area contributed by atoms with Crippen LogP contribution in [-0.4, -0.2) is 0 Å². The Bertz CT molecular complexity index is 2760. The molecule has 0 aromatic heterocycles. The summed E-state index contributed by atoms with van der Waals surface area (Å²) in [6.07, 6.45) is 0. The van der Waals surface area contributed by atoms with Crippen LogP contribution in [0.15, 0.2) is 170 Å². The van der Waals surface area contributed by atoms with Crippen LogP contribution in [0, 0.1) is 0 Å². The Morgan fingerprint density at radius 3 is 1.15 bits per heavy atom. The van der Waals surface area contributed by atoms with Gasteiger partial charge in [0.25, 0.3) is 0 Å². The molecule has 0 nitrogen and oxygen atoms in total. The molecule has 0 atom stereocenters. The molecular weight excluding hydrogens is 553 g/mol. The third kappa shape index (κ3) is 3.50. The fourth-order valence-electron chi connectivity index (χ4n) is 8.13. The molecule has 0 spiro atoms. The van der Waals surface area contributed by atoms with E-state index in [0.717, 1.165) is 0 Å². The van der Waals surface area contributed by atoms with Crippen LogP contribution in [0.3, 0.4) is 0 Å². The summed E-state index contributed by atoms with van der Waals surface area (Å²) in [6, 6.07) is 62.6. The third-order valence-corrected chi connectivity index (χ3v) is 9.94. The number of hydrogen-bond donors (Lipinski definition) is 0. The molecule has 0 N–H and O–H groups in total. The van der Waals surface area contributed by atoms with Gasteiger partial charge in [-0.15, -0.1) is 0 Å². The normalized spacial score (nSPS) is 11.9. The standard InChI is InChI=1S/C46H28/c1-4-15-29(16-5-1)32-27-39-42(31-19-8-3-9-20-31)34-22-11-12-23-35(34)43-38-26-14-25-37-41(30-17-6-2-7-18-30)33-21-10-13-24-36(33)44(45(37)38)40(28-32)46(39)43/h1-28H. The van der Waals surface area contributed by atoms with Crippen molar-refractivity contribution in [3.8, 4) is 33.4 Å². The maximum atomic E-state index is 2.46. The van der Waals surface area contributed by atoms with Crippen LogP contribution in [0.4, 0.5) is 0 Å². The monoisotopic (exact) mass is 580 g/mol. The molecule has 10 rings (SSSR count). The van der Waals surface area contributed by atoms with Crippen LogP contribution in [0.2, 0.25) is 0 Å². The Morgan fingerprint density at radius 1 is 0.196 bits per heavy atom. The van der Waals surface area contributed by atoms with E-state index in [9.17, 15) is 0 Å². The summed E-state index contributed by atoms with van der Waals surface area (Å²) in [5.41, 5.74) is 7.58. The largest absolute Gasteiger partial charge is 0.0622 e. The lowest BCUT2D eigenvalue weighted by Gasteiger charge is -2.23. The second-order valence-electron chi connectivity index (χ2n) is 12.4. The number of rotatable bonds is 3. The minimum Gasteiger partial charge on any atom is -0.0622 e. The predicted octanol–water partition coefficient (Wildman–Crippen LogP) is 13.0. The van der Waals surface area contributed by atoms with Gasteiger partial charge in [-0.1, -0.05) is 158 Å². The van der Waals surface area contributed by atoms with Gasteiger partial charge in [-0.2, -0.15) is 0 Å². The van der Waals surface area contributed by atoms with Crippen molar-refractivity contribution in [1.29, 1.82) is 0 Å². The third-order valence-electron chi connectivity index (χ3n) is 9.94. The van der Waals surface area contributed by atoms with Gasteiger partial charge < -0.3 is 0 Å². The zero-order valence-electron chi connectivity index (χ0n) is 25.2. The Hall–Kier alpha value is -5.98. The molecule has 0 radical (unpaired) electrons. The van der Waals surface area contributed by atoms with Gasteiger partial charge in [0, 0.05) is 0 Å². The Balaban J connectivity index is 1.56. The highest BCUT2D eigenvalue weighted by Gasteiger charge is 2.23. The number of fused-ring (bicyclic) bond motifs is 6. The maximum Gasteiger partial charge on any atom is -0.00130 e. The van der Waals surface area contributed by atoms with Gasteiger partial charge in [0.15, 0.2) is 0 Å². The van der Waals surface area contributed by atoms with Crippen LogP contribution in [0.5, 0.6) is 0 Å². The summed E-state index contributed by atoms with van der Waals surface area (Å²) < 4.78 is 0. The first kappa shape index (κ1) is 25.4. The van der Waals surface area contributed by atoms with Crippen LogP contribution >= 0.6 is 0 Å². The van der Waals surface area contributed by atoms with Gasteiger partial charge in [-0.05, 0) is 110 Å². The van der Waals surface area contributed by atoms with Crippen molar-refractivity contribution >= 4 is 64.6 Å². The minimum atomic E-state index is 1.23. The molecule has 212 valence electrons. The van der Waals surface area contributed by atoms with Crippen molar-refractivity contribution in [1.82, 2.24) is 0 Å². The first-order valence-corrected chi connectivity index (χ1v) is 16.0. The van der Waals surface area contributed by atoms with Crippen LogP contribution < -0.4 is 0 Å². The quantitative estimate of drug-likeness (QED) is 0.144. The van der Waals surface area contributed by atoms with Gasteiger partial charge in [-0.3, -0.25) is 0 Å². The van der Waals surface area contributed by atoms with Crippen molar-refractivity contribution in [2.45, 2.75) is 0 Å². The van der Waals surface area contributed by atoms with E-state index in [1.807, 2.05) is 0 Å². The predicted molar refractivity (Wildman–Crippen MR) is 199 cm³/mol. The number of hydrogen-bond acceptors (Lipinski definition) is 0. The first-order chi connectivity index (χ1) is 22.9. The summed E-state index contributed by atoms with van der Waals surface area (Å²) in [5.74, 6) is 0. The fraction of sp³-hybridized carbons (Fsp3) is 0. The number of benzene rings is 10. The molecule has 10 aromatic rings. The van der Waals surface area contributed by atoms with Crippen molar-refractivity contribution in [2.24, 2.45) is 0 Å². The van der Waals surface area contributed by atoms with Crippen LogP contribution in [0.25, 0.3) is 98.0 Å². The lowest BCUT2D eigenvalue weighted by Crippen LogP contribution is -1.95. The molecule has 0 aliphatic heterocycles. The molecular formula is C46H28. The molecule has 0 heteroatoms. The summed E-state index contributed by atoms with van der Waals surface area (Å²) in [4.78, 5) is 0. The average molecular weight is 581 g/mol. The highest BCUT2D eigenvalue weighted by Crippen LogP contribution is 2.52. The molecule has 0 heterocycles. The van der Waals surface area contributed by atoms with Gasteiger partial charge in [-0.25, -0.2) is 0 Å². The van der Waals surface area contributed by atoms with Gasteiger partial charge in [0.05, 0.1) is 0 Å². The minimum absolute atomic E-state index is 1.23. The van der Waals surface area contributed by atoms with Crippen molar-refractivity contribution in [3.63, 3.8) is 0 Å². The van der Waals surface area contributed by atoms with Gasteiger partial charge in [0.1, 0.15) is 0 Å². The fourth-order valence-corrected chi connectivity index (χ4v) is 8.13. The second-order valence-corrected chi connectivity index (χ2v) is 12.4. The molecule has 0 amide bonds. The van der Waals surface area contributed by atoms with E-state index in [1.54, 1.807) is 0 Å². The SMILES string of the molecule is c1ccc(-c2cc3c(-c4ccccc4)c4ccccc4c4c5cccc6c(-c7ccccc7)c7ccccc7c(c(c2)c34)c65)cc1. The van der Waals surface area contributed by atoms with E-state index in [2.05, 4.69) is 170 Å². The molecule has 0 aliphatic carbocycles. The maximum absolute atomic E-state index is 2.46. The van der Waals surface area contributed by atoms with E-state index in [-0.39, 0.29) is 0 Å². The summed E-state index contributed by atoms with van der Waals surface area (Å²) >= 11 is 0. The zero-order valence-corrected chi connectivity index (χ0v) is 25.2. The molecule has 0 saturated heterocycles. The molecule has 0 aliphatic rings. The van der Waals surface area contributed by atoms with Gasteiger partial charge in [0.2, 0.25) is 0 Å². The highest BCUT2D eigenvalue weighted by atomic mass is 14.3. The summed E-state index contributed by atoms with van der Waals surface area (Å²) in [6.45, 7) is 0. The van der Waals surface area contributed by atoms with Gasteiger partial charge >= 0.3 is 0 Å². The van der Waals surface area contributed by atoms with Crippen molar-refractivity contribution in [3.05, 3.63) is 170 Å². The van der Waals surface area contributed by atoms with E-state index in [4.69, 9.17) is 0 Å². The van der Waals surface area contributed by atoms with E-state index in [1.165, 1.54) is 98.0 Å². The van der Waals surface area contributed by atoms with E-state index < -0.39 is 0 Å². The Morgan fingerprint density at radius 2 is 0.565 bits per heavy atom. The lowest BCUT2D eigenvalue weighted by atomic mass is 9.79. The molecule has 0 bridgehead atoms. The molecule has 46 heavy (non-hydrogen) atoms. The van der Waals surface area contributed by atoms with Crippen molar-refractivity contribution < 1.29 is 0 Å².